The van der Waals surface area contributed by atoms with Gasteiger partial charge in [0.15, 0.2) is 10.9 Å². The van der Waals surface area contributed by atoms with Crippen molar-refractivity contribution in [2.45, 2.75) is 25.9 Å². The molecule has 16 heteroatoms. The maximum atomic E-state index is 12.5. The lowest BCUT2D eigenvalue weighted by molar-refractivity contribution is -0.122. The number of fused-ring (bicyclic) bond motifs is 2. The Labute approximate surface area is 319 Å². The third-order valence-electron chi connectivity index (χ3n) is 8.02. The maximum Gasteiger partial charge on any atom is 0.336 e. The number of amides is 1. The quantitative estimate of drug-likeness (QED) is 0.0730. The van der Waals surface area contributed by atoms with E-state index in [1.807, 2.05) is 6.92 Å². The predicted molar refractivity (Wildman–Crippen MR) is 203 cm³/mol. The number of hydrogen-bond donors (Lipinski definition) is 5. The Balaban J connectivity index is 1.08. The number of thiocarbonyl (C=S) groups is 1. The van der Waals surface area contributed by atoms with E-state index in [4.69, 9.17) is 45.4 Å². The first-order valence-corrected chi connectivity index (χ1v) is 18.3. The molecule has 0 fully saturated rings. The van der Waals surface area contributed by atoms with Gasteiger partial charge in [0, 0.05) is 54.6 Å². The number of anilines is 1. The number of phenols is 1. The molecule has 0 bridgehead atoms. The van der Waals surface area contributed by atoms with Crippen LogP contribution in [0.3, 0.4) is 0 Å². The summed E-state index contributed by atoms with van der Waals surface area (Å²) in [6.07, 6.45) is 2.79. The number of ketones is 1. The van der Waals surface area contributed by atoms with Crippen molar-refractivity contribution in [3.05, 3.63) is 70.8 Å². The van der Waals surface area contributed by atoms with Crippen molar-refractivity contribution in [2.24, 2.45) is 0 Å². The normalized spacial score (nSPS) is 14.6. The number of aromatic hydroxyl groups is 1. The number of ether oxygens (including phenoxy) is 7. The number of hydrogen-bond acceptors (Lipinski definition) is 12. The lowest BCUT2D eigenvalue weighted by atomic mass is 9.82. The highest BCUT2D eigenvalue weighted by Gasteiger charge is 2.33. The van der Waals surface area contributed by atoms with Crippen LogP contribution < -0.4 is 20.7 Å². The summed E-state index contributed by atoms with van der Waals surface area (Å²) in [6.45, 7) is 8.27. The Morgan fingerprint density at radius 2 is 1.39 bits per heavy atom. The fraction of sp³-hybridized carbons (Fsp3) is 0.474. The summed E-state index contributed by atoms with van der Waals surface area (Å²) < 4.78 is 38.4. The van der Waals surface area contributed by atoms with Crippen molar-refractivity contribution in [1.82, 2.24) is 10.6 Å². The van der Waals surface area contributed by atoms with Crippen molar-refractivity contribution in [3.8, 4) is 11.5 Å². The minimum atomic E-state index is -1.16. The standard InChI is InChI=1S/C38H49N3O12S/c1-2-47-13-14-49-17-18-51-21-22-52-20-19-50-16-15-48-12-9-35(44)39-10-11-40-38(54)41-26-3-6-29(32(23-26)37(45)46)36-30-7-4-27(42)24-33(30)53-34-25-28(43)5-8-31(34)36/h3-8,23-24,34,42H,2,9-22,25H2,1H3,(H,39,44)(H,45,46)(H2,40,41,54). The Kier molecular flexibility index (Phi) is 18.3. The van der Waals surface area contributed by atoms with Crippen LogP contribution in [0.25, 0.3) is 5.57 Å². The highest BCUT2D eigenvalue weighted by atomic mass is 32.1. The van der Waals surface area contributed by atoms with E-state index in [1.165, 1.54) is 24.3 Å². The van der Waals surface area contributed by atoms with E-state index < -0.39 is 12.1 Å². The van der Waals surface area contributed by atoms with Crippen LogP contribution in [-0.4, -0.2) is 131 Å². The van der Waals surface area contributed by atoms with Gasteiger partial charge in [-0.25, -0.2) is 4.79 Å². The van der Waals surface area contributed by atoms with Gasteiger partial charge in [-0.2, -0.15) is 0 Å². The maximum absolute atomic E-state index is 12.5. The molecule has 1 aliphatic carbocycles. The van der Waals surface area contributed by atoms with Gasteiger partial charge in [0.25, 0.3) is 0 Å². The van der Waals surface area contributed by atoms with Crippen molar-refractivity contribution >= 4 is 46.3 Å². The van der Waals surface area contributed by atoms with Crippen LogP contribution >= 0.6 is 12.2 Å². The van der Waals surface area contributed by atoms with Crippen LogP contribution in [0.4, 0.5) is 5.69 Å². The van der Waals surface area contributed by atoms with Gasteiger partial charge in [-0.05, 0) is 55.0 Å². The lowest BCUT2D eigenvalue weighted by Gasteiger charge is -2.32. The molecule has 54 heavy (non-hydrogen) atoms. The van der Waals surface area contributed by atoms with E-state index in [0.717, 1.165) is 0 Å². The first-order valence-electron chi connectivity index (χ1n) is 17.9. The van der Waals surface area contributed by atoms with Crippen LogP contribution in [0.1, 0.15) is 41.3 Å². The minimum absolute atomic E-state index is 0.00856. The number of aromatic carboxylic acids is 1. The number of rotatable bonds is 25. The zero-order valence-corrected chi connectivity index (χ0v) is 31.2. The summed E-state index contributed by atoms with van der Waals surface area (Å²) in [6, 6.07) is 9.47. The summed E-state index contributed by atoms with van der Waals surface area (Å²) in [5.74, 6) is -1.10. The molecule has 1 atom stereocenters. The summed E-state index contributed by atoms with van der Waals surface area (Å²) >= 11 is 5.39. The number of carboxylic acid groups (broad SMARTS) is 1. The third kappa shape index (κ3) is 14.1. The topological polar surface area (TPSA) is 192 Å². The fourth-order valence-electron chi connectivity index (χ4n) is 5.49. The summed E-state index contributed by atoms with van der Waals surface area (Å²) in [5.41, 5.74) is 2.76. The number of nitrogens with one attached hydrogen (secondary N) is 3. The van der Waals surface area contributed by atoms with Crippen LogP contribution in [0.5, 0.6) is 11.5 Å². The zero-order valence-electron chi connectivity index (χ0n) is 30.4. The summed E-state index contributed by atoms with van der Waals surface area (Å²) in [5, 5.41) is 29.3. The number of phenolic OH excluding ortho intramolecular Hbond substituents is 1. The monoisotopic (exact) mass is 771 g/mol. The molecular weight excluding hydrogens is 722 g/mol. The molecule has 5 N–H and O–H groups in total. The second kappa shape index (κ2) is 23.4. The van der Waals surface area contributed by atoms with Crippen molar-refractivity contribution in [3.63, 3.8) is 0 Å². The Morgan fingerprint density at radius 3 is 2.02 bits per heavy atom. The van der Waals surface area contributed by atoms with E-state index in [9.17, 15) is 24.6 Å². The van der Waals surface area contributed by atoms with Crippen LogP contribution in [0, 0.1) is 0 Å². The molecule has 4 rings (SSSR count). The Bertz CT molecular complexity index is 1630. The second-order valence-electron chi connectivity index (χ2n) is 11.9. The van der Waals surface area contributed by atoms with Crippen LogP contribution in [0.2, 0.25) is 0 Å². The fourth-order valence-corrected chi connectivity index (χ4v) is 5.71. The van der Waals surface area contributed by atoms with Gasteiger partial charge < -0.3 is 59.3 Å². The van der Waals surface area contributed by atoms with Gasteiger partial charge in [0.05, 0.1) is 84.7 Å². The molecular formula is C38H49N3O12S. The number of carboxylic acids is 1. The predicted octanol–water partition coefficient (Wildman–Crippen LogP) is 3.09. The van der Waals surface area contributed by atoms with Gasteiger partial charge in [-0.1, -0.05) is 12.1 Å². The first kappa shape index (κ1) is 42.3. The number of allylic oxidation sites excluding steroid dienone is 1. The largest absolute Gasteiger partial charge is 0.508 e. The molecule has 0 saturated heterocycles. The number of benzene rings is 2. The molecule has 15 nitrogen and oxygen atoms in total. The molecule has 1 unspecified atom stereocenters. The van der Waals surface area contributed by atoms with E-state index in [1.54, 1.807) is 24.3 Å². The molecule has 294 valence electrons. The molecule has 2 aromatic rings. The van der Waals surface area contributed by atoms with E-state index in [2.05, 4.69) is 16.0 Å². The van der Waals surface area contributed by atoms with E-state index >= 15 is 0 Å². The Hall–Kier alpha value is -4.42. The average molecular weight is 772 g/mol. The zero-order chi connectivity index (χ0) is 38.5. The molecule has 0 saturated carbocycles. The molecule has 0 spiro atoms. The highest BCUT2D eigenvalue weighted by molar-refractivity contribution is 7.80. The summed E-state index contributed by atoms with van der Waals surface area (Å²) in [4.78, 5) is 36.8. The smallest absolute Gasteiger partial charge is 0.336 e. The molecule has 2 aromatic carbocycles. The minimum Gasteiger partial charge on any atom is -0.508 e. The SMILES string of the molecule is CCOCCOCCOCCOCCOCCOCCC(=O)NCCNC(=S)Nc1ccc(C2=C3C=CC(=O)CC3Oc3cc(O)ccc32)c(C(=O)O)c1. The van der Waals surface area contributed by atoms with Crippen molar-refractivity contribution < 1.29 is 57.8 Å². The van der Waals surface area contributed by atoms with E-state index in [0.29, 0.717) is 119 Å². The van der Waals surface area contributed by atoms with Crippen LogP contribution in [-0.2, 0) is 38.0 Å². The van der Waals surface area contributed by atoms with Gasteiger partial charge in [-0.15, -0.1) is 0 Å². The van der Waals surface area contributed by atoms with Crippen LogP contribution in [0.15, 0.2) is 54.1 Å². The van der Waals surface area contributed by atoms with E-state index in [-0.39, 0.29) is 47.6 Å². The molecule has 1 amide bonds. The second-order valence-corrected chi connectivity index (χ2v) is 12.3. The molecule has 0 aromatic heterocycles. The third-order valence-corrected chi connectivity index (χ3v) is 8.27. The average Bonchev–Trinajstić information content (AvgIpc) is 3.15. The van der Waals surface area contributed by atoms with Gasteiger partial charge in [0.2, 0.25) is 5.91 Å². The lowest BCUT2D eigenvalue weighted by Crippen LogP contribution is -2.37. The Morgan fingerprint density at radius 1 is 0.796 bits per heavy atom. The number of carbonyl (C=O) groups excluding carboxylic acids is 2. The number of carbonyl (C=O) groups is 3. The molecule has 2 aliphatic rings. The highest BCUT2D eigenvalue weighted by Crippen LogP contribution is 2.44. The van der Waals surface area contributed by atoms with Gasteiger partial charge >= 0.3 is 5.97 Å². The molecule has 1 heterocycles. The molecule has 0 radical (unpaired) electrons. The first-order chi connectivity index (χ1) is 26.3. The van der Waals surface area contributed by atoms with Gasteiger partial charge in [0.1, 0.15) is 17.6 Å². The summed E-state index contributed by atoms with van der Waals surface area (Å²) in [7, 11) is 0. The van der Waals surface area contributed by atoms with Crippen molar-refractivity contribution in [2.75, 3.05) is 97.7 Å². The molecule has 1 aliphatic heterocycles. The van der Waals surface area contributed by atoms with Gasteiger partial charge in [-0.3, -0.25) is 9.59 Å². The van der Waals surface area contributed by atoms with Crippen molar-refractivity contribution in [1.29, 1.82) is 0 Å².